The molecule has 3 nitrogen and oxygen atoms in total. The second-order valence-corrected chi connectivity index (χ2v) is 5.37. The fourth-order valence-corrected chi connectivity index (χ4v) is 2.93. The van der Waals surface area contributed by atoms with Crippen LogP contribution in [0, 0.1) is 0 Å². The minimum Gasteiger partial charge on any atom is -0.354 e. The minimum absolute atomic E-state index is 0.841. The summed E-state index contributed by atoms with van der Waals surface area (Å²) in [5, 5.41) is 11.5. The first-order chi connectivity index (χ1) is 10.9. The van der Waals surface area contributed by atoms with Crippen LogP contribution in [0.3, 0.4) is 0 Å². The van der Waals surface area contributed by atoms with Crippen LogP contribution in [0.1, 0.15) is 5.56 Å². The number of nitrogens with one attached hydrogen (secondary N) is 2. The minimum atomic E-state index is 0.841. The second kappa shape index (κ2) is 5.53. The van der Waals surface area contributed by atoms with Crippen LogP contribution in [0.5, 0.6) is 0 Å². The number of rotatable bonds is 2. The maximum Gasteiger partial charge on any atom is 0.195 e. The highest BCUT2D eigenvalue weighted by Gasteiger charge is 2.05. The van der Waals surface area contributed by atoms with Gasteiger partial charge < -0.3 is 10.6 Å². The van der Waals surface area contributed by atoms with Gasteiger partial charge in [0.15, 0.2) is 5.96 Å². The zero-order chi connectivity index (χ0) is 14.8. The lowest BCUT2D eigenvalue weighted by atomic mass is 9.97. The summed E-state index contributed by atoms with van der Waals surface area (Å²) in [7, 11) is 0. The van der Waals surface area contributed by atoms with Gasteiger partial charge in [-0.15, -0.1) is 0 Å². The third-order valence-corrected chi connectivity index (χ3v) is 3.96. The van der Waals surface area contributed by atoms with Crippen LogP contribution in [-0.2, 0) is 0 Å². The summed E-state index contributed by atoms with van der Waals surface area (Å²) in [6.07, 6.45) is 4.10. The van der Waals surface area contributed by atoms with E-state index in [9.17, 15) is 0 Å². The summed E-state index contributed by atoms with van der Waals surface area (Å²) >= 11 is 0. The molecule has 1 heterocycles. The van der Waals surface area contributed by atoms with Crippen molar-refractivity contribution >= 4 is 33.6 Å². The van der Waals surface area contributed by atoms with Crippen molar-refractivity contribution in [1.82, 2.24) is 10.6 Å². The van der Waals surface area contributed by atoms with Gasteiger partial charge in [0.05, 0.1) is 6.54 Å². The molecule has 2 N–H and O–H groups in total. The smallest absolute Gasteiger partial charge is 0.195 e. The number of hydrogen-bond acceptors (Lipinski definition) is 3. The van der Waals surface area contributed by atoms with Crippen molar-refractivity contribution in [2.45, 2.75) is 0 Å². The predicted octanol–water partition coefficient (Wildman–Crippen LogP) is 3.51. The highest BCUT2D eigenvalue weighted by molar-refractivity contribution is 6.06. The summed E-state index contributed by atoms with van der Waals surface area (Å²) in [6.45, 7) is 1.75. The van der Waals surface area contributed by atoms with Gasteiger partial charge >= 0.3 is 0 Å². The lowest BCUT2D eigenvalue weighted by Crippen LogP contribution is -2.29. The Morgan fingerprint density at radius 1 is 0.955 bits per heavy atom. The van der Waals surface area contributed by atoms with E-state index < -0.39 is 0 Å². The third-order valence-electron chi connectivity index (χ3n) is 3.96. The molecule has 0 unspecified atom stereocenters. The van der Waals surface area contributed by atoms with E-state index in [1.165, 1.54) is 27.1 Å². The maximum absolute atomic E-state index is 4.33. The zero-order valence-corrected chi connectivity index (χ0v) is 12.2. The Morgan fingerprint density at radius 3 is 2.27 bits per heavy atom. The molecule has 3 heteroatoms. The van der Waals surface area contributed by atoms with Gasteiger partial charge in [-0.25, -0.2) is 0 Å². The number of nitrogens with zero attached hydrogens (tertiary/aromatic N) is 1. The molecule has 0 amide bonds. The van der Waals surface area contributed by atoms with Gasteiger partial charge in [0, 0.05) is 12.7 Å². The van der Waals surface area contributed by atoms with E-state index in [1.807, 2.05) is 6.20 Å². The molecule has 0 saturated carbocycles. The number of hydrogen-bond donors (Lipinski definition) is 2. The predicted molar refractivity (Wildman–Crippen MR) is 93.9 cm³/mol. The average molecular weight is 287 g/mol. The molecule has 0 fully saturated rings. The molecule has 0 bridgehead atoms. The topological polar surface area (TPSA) is 36.4 Å². The molecule has 0 atom stereocenters. The Labute approximate surface area is 129 Å². The molecule has 0 aromatic heterocycles. The van der Waals surface area contributed by atoms with Crippen molar-refractivity contribution in [2.75, 3.05) is 13.1 Å². The van der Waals surface area contributed by atoms with Gasteiger partial charge in [-0.05, 0) is 39.3 Å². The Morgan fingerprint density at radius 2 is 1.64 bits per heavy atom. The summed E-state index contributed by atoms with van der Waals surface area (Å²) in [5.74, 6) is 0.848. The summed E-state index contributed by atoms with van der Waals surface area (Å²) in [6, 6.07) is 19.3. The van der Waals surface area contributed by atoms with Crippen LogP contribution in [0.15, 0.2) is 65.8 Å². The molecular formula is C19H17N3. The van der Waals surface area contributed by atoms with Crippen molar-refractivity contribution in [1.29, 1.82) is 0 Å². The van der Waals surface area contributed by atoms with Gasteiger partial charge in [0.25, 0.3) is 0 Å². The van der Waals surface area contributed by atoms with E-state index in [4.69, 9.17) is 0 Å². The first-order valence-corrected chi connectivity index (χ1v) is 7.54. The molecule has 108 valence electrons. The van der Waals surface area contributed by atoms with Gasteiger partial charge in [0.1, 0.15) is 0 Å². The Balaban J connectivity index is 1.83. The maximum atomic E-state index is 4.33. The fraction of sp³-hybridized carbons (Fsp3) is 0.105. The average Bonchev–Trinajstić information content (AvgIpc) is 3.07. The first kappa shape index (κ1) is 12.9. The van der Waals surface area contributed by atoms with Crippen LogP contribution in [0.4, 0.5) is 0 Å². The van der Waals surface area contributed by atoms with Gasteiger partial charge in [-0.3, -0.25) is 4.99 Å². The lowest BCUT2D eigenvalue weighted by Gasteiger charge is -2.08. The van der Waals surface area contributed by atoms with Gasteiger partial charge in [-0.2, -0.15) is 0 Å². The van der Waals surface area contributed by atoms with Crippen LogP contribution in [0.2, 0.25) is 0 Å². The molecule has 0 aliphatic carbocycles. The third kappa shape index (κ3) is 2.31. The monoisotopic (exact) mass is 287 g/mol. The van der Waals surface area contributed by atoms with Crippen LogP contribution in [0.25, 0.3) is 27.6 Å². The van der Waals surface area contributed by atoms with E-state index in [1.54, 1.807) is 0 Å². The van der Waals surface area contributed by atoms with Gasteiger partial charge in [-0.1, -0.05) is 48.5 Å². The van der Waals surface area contributed by atoms with Crippen molar-refractivity contribution in [3.8, 4) is 0 Å². The van der Waals surface area contributed by atoms with Crippen molar-refractivity contribution in [3.05, 3.63) is 66.4 Å². The molecular weight excluding hydrogens is 270 g/mol. The van der Waals surface area contributed by atoms with Crippen molar-refractivity contribution < 1.29 is 0 Å². The molecule has 22 heavy (non-hydrogen) atoms. The van der Waals surface area contributed by atoms with E-state index in [0.29, 0.717) is 0 Å². The highest BCUT2D eigenvalue weighted by atomic mass is 15.2. The zero-order valence-electron chi connectivity index (χ0n) is 12.2. The Kier molecular flexibility index (Phi) is 3.24. The molecule has 1 aliphatic heterocycles. The molecule has 0 radical (unpaired) electrons. The lowest BCUT2D eigenvalue weighted by molar-refractivity contribution is 0.948. The molecule has 3 aromatic rings. The molecule has 3 aromatic carbocycles. The Bertz CT molecular complexity index is 839. The van der Waals surface area contributed by atoms with Crippen LogP contribution in [-0.4, -0.2) is 19.0 Å². The molecule has 4 rings (SSSR count). The fourth-order valence-electron chi connectivity index (χ4n) is 2.93. The largest absolute Gasteiger partial charge is 0.354 e. The van der Waals surface area contributed by atoms with Crippen molar-refractivity contribution in [3.63, 3.8) is 0 Å². The molecule has 0 spiro atoms. The number of benzene rings is 3. The second-order valence-electron chi connectivity index (χ2n) is 5.37. The van der Waals surface area contributed by atoms with Gasteiger partial charge in [0.2, 0.25) is 0 Å². The summed E-state index contributed by atoms with van der Waals surface area (Å²) in [4.78, 5) is 4.33. The quantitative estimate of drug-likeness (QED) is 0.708. The standard InChI is InChI=1S/C19H17N3/c1-3-7-16-14(5-1)13-15-6-2-4-8-17(15)18(16)9-10-20-19-21-11-12-22-19/h1-10,13H,11-12H2,(H2,20,21,22)/b10-9+. The van der Waals surface area contributed by atoms with Crippen molar-refractivity contribution in [2.24, 2.45) is 4.99 Å². The van der Waals surface area contributed by atoms with E-state index in [-0.39, 0.29) is 0 Å². The summed E-state index contributed by atoms with van der Waals surface area (Å²) in [5.41, 5.74) is 1.24. The molecule has 1 aliphatic rings. The Hall–Kier alpha value is -2.81. The first-order valence-electron chi connectivity index (χ1n) is 7.54. The molecule has 0 saturated heterocycles. The SMILES string of the molecule is C(=C\c1c2ccccc2cc2ccccc12)/NC1=NCCN1. The summed E-state index contributed by atoms with van der Waals surface area (Å²) < 4.78 is 0. The number of aliphatic imine (C=N–C) groups is 1. The van der Waals surface area contributed by atoms with E-state index in [2.05, 4.69) is 76.3 Å². The van der Waals surface area contributed by atoms with Crippen LogP contribution >= 0.6 is 0 Å². The van der Waals surface area contributed by atoms with E-state index in [0.717, 1.165) is 19.0 Å². The van der Waals surface area contributed by atoms with Crippen LogP contribution < -0.4 is 10.6 Å². The van der Waals surface area contributed by atoms with E-state index >= 15 is 0 Å². The normalized spacial score (nSPS) is 14.5. The highest BCUT2D eigenvalue weighted by Crippen LogP contribution is 2.29. The number of fused-ring (bicyclic) bond motifs is 2. The number of guanidine groups is 1.